The molecule has 0 aliphatic carbocycles. The fraction of sp³-hybridized carbons (Fsp3) is 0.435. The van der Waals surface area contributed by atoms with Crippen molar-refractivity contribution in [2.75, 3.05) is 29.4 Å². The number of nitrogens with zero attached hydrogens (tertiary/aromatic N) is 3. The molecule has 31 heavy (non-hydrogen) atoms. The van der Waals surface area contributed by atoms with Gasteiger partial charge < -0.3 is 9.80 Å². The van der Waals surface area contributed by atoms with E-state index in [1.807, 2.05) is 11.0 Å². The minimum atomic E-state index is -0.829. The first-order valence-electron chi connectivity index (χ1n) is 10.5. The number of aromatic nitrogens is 1. The highest BCUT2D eigenvalue weighted by molar-refractivity contribution is 6.30. The quantitative estimate of drug-likeness (QED) is 0.660. The number of alkyl halides is 1. The Morgan fingerprint density at radius 3 is 2.71 bits per heavy atom. The number of halogens is 3. The predicted octanol–water partition coefficient (Wildman–Crippen LogP) is 4.37. The summed E-state index contributed by atoms with van der Waals surface area (Å²) >= 11 is 5.76. The van der Waals surface area contributed by atoms with Gasteiger partial charge in [0.1, 0.15) is 23.6 Å². The number of piperidine rings is 1. The van der Waals surface area contributed by atoms with Crippen molar-refractivity contribution >= 4 is 34.8 Å². The van der Waals surface area contributed by atoms with E-state index in [9.17, 15) is 18.4 Å². The van der Waals surface area contributed by atoms with Crippen LogP contribution in [-0.4, -0.2) is 42.5 Å². The highest BCUT2D eigenvalue weighted by Crippen LogP contribution is 2.28. The van der Waals surface area contributed by atoms with Crippen LogP contribution in [0.3, 0.4) is 0 Å². The number of Topliss-reactive ketones (excluding diaryl/α,β-unsaturated/α-hetero) is 1. The van der Waals surface area contributed by atoms with Crippen LogP contribution in [0.25, 0.3) is 0 Å². The zero-order valence-electron chi connectivity index (χ0n) is 17.1. The van der Waals surface area contributed by atoms with Gasteiger partial charge in [0.25, 0.3) is 0 Å². The second-order valence-corrected chi connectivity index (χ2v) is 8.63. The zero-order valence-corrected chi connectivity index (χ0v) is 17.8. The number of carbonyl (C=O) groups excluding carboxylic acids is 2. The summed E-state index contributed by atoms with van der Waals surface area (Å²) < 4.78 is 27.4. The van der Waals surface area contributed by atoms with E-state index in [4.69, 9.17) is 11.6 Å². The standard InChI is InChI=1S/C23H24ClF2N3O2/c24-17-4-3-15(21(26)12-17)10-20(30)11-16-2-1-8-29(23(16)31)19-5-6-22(27-13-19)28-9-7-18(25)14-28/h3-6,12-13,16,18H,1-2,7-11,14H2/t16-,18+/m0/s1. The second kappa shape index (κ2) is 9.30. The van der Waals surface area contributed by atoms with Gasteiger partial charge in [0, 0.05) is 36.9 Å². The lowest BCUT2D eigenvalue weighted by Crippen LogP contribution is -2.42. The van der Waals surface area contributed by atoms with Gasteiger partial charge in [-0.25, -0.2) is 13.8 Å². The van der Waals surface area contributed by atoms with Crippen LogP contribution in [-0.2, 0) is 16.0 Å². The minimum absolute atomic E-state index is 0.0611. The van der Waals surface area contributed by atoms with E-state index in [-0.39, 0.29) is 35.1 Å². The summed E-state index contributed by atoms with van der Waals surface area (Å²) in [5.41, 5.74) is 0.956. The van der Waals surface area contributed by atoms with Crippen LogP contribution >= 0.6 is 11.6 Å². The van der Waals surface area contributed by atoms with E-state index >= 15 is 0 Å². The van der Waals surface area contributed by atoms with Crippen LogP contribution in [0.15, 0.2) is 36.5 Å². The summed E-state index contributed by atoms with van der Waals surface area (Å²) in [5.74, 6) is -0.534. The Hall–Kier alpha value is -2.54. The predicted molar refractivity (Wildman–Crippen MR) is 116 cm³/mol. The summed E-state index contributed by atoms with van der Waals surface area (Å²) in [6.45, 7) is 1.54. The first-order valence-corrected chi connectivity index (χ1v) is 10.9. The lowest BCUT2D eigenvalue weighted by Gasteiger charge is -2.32. The van der Waals surface area contributed by atoms with E-state index in [2.05, 4.69) is 4.98 Å². The second-order valence-electron chi connectivity index (χ2n) is 8.19. The maximum atomic E-state index is 14.0. The highest BCUT2D eigenvalue weighted by Gasteiger charge is 2.32. The summed E-state index contributed by atoms with van der Waals surface area (Å²) in [4.78, 5) is 33.5. The molecule has 2 fully saturated rings. The van der Waals surface area contributed by atoms with Crippen LogP contribution in [0.4, 0.5) is 20.3 Å². The molecule has 1 aromatic heterocycles. The van der Waals surface area contributed by atoms with Gasteiger partial charge in [-0.15, -0.1) is 0 Å². The molecule has 4 rings (SSSR count). The molecular weight excluding hydrogens is 424 g/mol. The summed E-state index contributed by atoms with van der Waals surface area (Å²) in [7, 11) is 0. The molecule has 8 heteroatoms. The molecule has 0 spiro atoms. The van der Waals surface area contributed by atoms with Gasteiger partial charge in [-0.1, -0.05) is 17.7 Å². The average molecular weight is 448 g/mol. The van der Waals surface area contributed by atoms with Crippen molar-refractivity contribution in [2.45, 2.75) is 38.3 Å². The summed E-state index contributed by atoms with van der Waals surface area (Å²) in [5, 5.41) is 0.278. The maximum absolute atomic E-state index is 14.0. The van der Waals surface area contributed by atoms with Crippen molar-refractivity contribution in [1.29, 1.82) is 0 Å². The van der Waals surface area contributed by atoms with Gasteiger partial charge in [-0.05, 0) is 49.1 Å². The number of anilines is 2. The van der Waals surface area contributed by atoms with Gasteiger partial charge in [0.05, 0.1) is 18.4 Å². The van der Waals surface area contributed by atoms with E-state index in [1.165, 1.54) is 12.1 Å². The van der Waals surface area contributed by atoms with Crippen LogP contribution in [0.2, 0.25) is 5.02 Å². The topological polar surface area (TPSA) is 53.5 Å². The molecule has 164 valence electrons. The number of benzene rings is 1. The molecule has 0 saturated carbocycles. The normalized spacial score (nSPS) is 21.6. The molecular formula is C23H24ClF2N3O2. The number of hydrogen-bond donors (Lipinski definition) is 0. The van der Waals surface area contributed by atoms with E-state index in [0.717, 1.165) is 6.42 Å². The van der Waals surface area contributed by atoms with Crippen molar-refractivity contribution in [3.63, 3.8) is 0 Å². The van der Waals surface area contributed by atoms with E-state index < -0.39 is 17.9 Å². The number of carbonyl (C=O) groups is 2. The highest BCUT2D eigenvalue weighted by atomic mass is 35.5. The largest absolute Gasteiger partial charge is 0.354 e. The molecule has 2 saturated heterocycles. The molecule has 3 heterocycles. The number of amides is 1. The van der Waals surface area contributed by atoms with Crippen molar-refractivity contribution in [3.05, 3.63) is 52.9 Å². The number of rotatable bonds is 6. The Kier molecular flexibility index (Phi) is 6.51. The maximum Gasteiger partial charge on any atom is 0.230 e. The van der Waals surface area contributed by atoms with E-state index in [0.29, 0.717) is 44.0 Å². The first-order chi connectivity index (χ1) is 14.9. The van der Waals surface area contributed by atoms with Gasteiger partial charge in [0.2, 0.25) is 5.91 Å². The Morgan fingerprint density at radius 2 is 2.03 bits per heavy atom. The van der Waals surface area contributed by atoms with Crippen LogP contribution in [0.5, 0.6) is 0 Å². The SMILES string of the molecule is O=C(Cc1ccc(Cl)cc1F)C[C@@H]1CCCN(c2ccc(N3CC[C@@H](F)C3)nc2)C1=O. The molecule has 2 atom stereocenters. The van der Waals surface area contributed by atoms with Crippen LogP contribution < -0.4 is 9.80 Å². The van der Waals surface area contributed by atoms with Gasteiger partial charge in [0.15, 0.2) is 0 Å². The van der Waals surface area contributed by atoms with Crippen LogP contribution in [0.1, 0.15) is 31.2 Å². The Labute approximate surface area is 185 Å². The molecule has 0 radical (unpaired) electrons. The molecule has 5 nitrogen and oxygen atoms in total. The summed E-state index contributed by atoms with van der Waals surface area (Å²) in [6, 6.07) is 7.86. The minimum Gasteiger partial charge on any atom is -0.354 e. The van der Waals surface area contributed by atoms with Crippen molar-refractivity contribution < 1.29 is 18.4 Å². The van der Waals surface area contributed by atoms with Crippen molar-refractivity contribution in [1.82, 2.24) is 4.98 Å². The monoisotopic (exact) mass is 447 g/mol. The van der Waals surface area contributed by atoms with Gasteiger partial charge in [-0.3, -0.25) is 9.59 Å². The number of hydrogen-bond acceptors (Lipinski definition) is 4. The van der Waals surface area contributed by atoms with Crippen LogP contribution in [0, 0.1) is 11.7 Å². The molecule has 1 aromatic carbocycles. The van der Waals surface area contributed by atoms with E-state index in [1.54, 1.807) is 23.2 Å². The van der Waals surface area contributed by atoms with Crippen molar-refractivity contribution in [2.24, 2.45) is 5.92 Å². The lowest BCUT2D eigenvalue weighted by molar-refractivity contribution is -0.128. The molecule has 2 aliphatic rings. The van der Waals surface area contributed by atoms with Crippen molar-refractivity contribution in [3.8, 4) is 0 Å². The fourth-order valence-electron chi connectivity index (χ4n) is 4.27. The number of pyridine rings is 1. The Bertz CT molecular complexity index is 970. The van der Waals surface area contributed by atoms with Gasteiger partial charge in [-0.2, -0.15) is 0 Å². The molecule has 0 N–H and O–H groups in total. The molecule has 2 aliphatic heterocycles. The molecule has 1 amide bonds. The Balaban J connectivity index is 1.39. The molecule has 0 bridgehead atoms. The third kappa shape index (κ3) is 5.03. The third-order valence-corrected chi connectivity index (χ3v) is 6.16. The fourth-order valence-corrected chi connectivity index (χ4v) is 4.43. The zero-order chi connectivity index (χ0) is 22.0. The third-order valence-electron chi connectivity index (χ3n) is 5.93. The molecule has 2 aromatic rings. The smallest absolute Gasteiger partial charge is 0.230 e. The summed E-state index contributed by atoms with van der Waals surface area (Å²) in [6.07, 6.45) is 2.72. The van der Waals surface area contributed by atoms with Gasteiger partial charge >= 0.3 is 0 Å². The molecule has 0 unspecified atom stereocenters. The average Bonchev–Trinajstić information content (AvgIpc) is 3.18. The number of ketones is 1. The lowest BCUT2D eigenvalue weighted by atomic mass is 9.90. The Morgan fingerprint density at radius 1 is 1.19 bits per heavy atom. The first kappa shape index (κ1) is 21.7.